The molecule has 0 radical (unpaired) electrons. The minimum atomic E-state index is -0.986. The monoisotopic (exact) mass is 581 g/mol. The molecule has 3 heterocycles. The maximum atomic E-state index is 14.3. The van der Waals surface area contributed by atoms with Gasteiger partial charge < -0.3 is 19.6 Å². The van der Waals surface area contributed by atoms with E-state index in [2.05, 4.69) is 27.0 Å². The molecule has 8 heteroatoms. The van der Waals surface area contributed by atoms with Crippen molar-refractivity contribution >= 4 is 16.8 Å². The molecule has 1 saturated carbocycles. The molecular weight excluding hydrogens is 538 g/mol. The van der Waals surface area contributed by atoms with Crippen LogP contribution < -0.4 is 5.56 Å². The number of carbonyl (C=O) groups is 1. The lowest BCUT2D eigenvalue weighted by atomic mass is 9.75. The highest BCUT2D eigenvalue weighted by Crippen LogP contribution is 2.39. The lowest BCUT2D eigenvalue weighted by molar-refractivity contribution is -0.139. The highest BCUT2D eigenvalue weighted by atomic mass is 16.3. The number of rotatable bonds is 9. The Morgan fingerprint density at radius 3 is 2.51 bits per heavy atom. The molecule has 2 aromatic carbocycles. The van der Waals surface area contributed by atoms with Crippen molar-refractivity contribution in [2.24, 2.45) is 13.0 Å². The quantitative estimate of drug-likeness (QED) is 0.291. The van der Waals surface area contributed by atoms with Crippen LogP contribution in [0.15, 0.2) is 77.9 Å². The maximum absolute atomic E-state index is 14.3. The summed E-state index contributed by atoms with van der Waals surface area (Å²) in [6, 6.07) is 19.9. The van der Waals surface area contributed by atoms with E-state index < -0.39 is 5.60 Å². The minimum Gasteiger partial charge on any atom is -0.389 e. The Hall–Kier alpha value is -3.75. The van der Waals surface area contributed by atoms with Crippen molar-refractivity contribution in [3.05, 3.63) is 100 Å². The summed E-state index contributed by atoms with van der Waals surface area (Å²) in [5.74, 6) is 0.705. The Kier molecular flexibility index (Phi) is 8.77. The number of nitrogens with zero attached hydrogens (tertiary/aromatic N) is 4. The molecule has 0 spiro atoms. The number of amides is 1. The number of aryl methyl sites for hydroxylation is 1. The first kappa shape index (κ1) is 29.3. The van der Waals surface area contributed by atoms with Gasteiger partial charge in [-0.15, -0.1) is 0 Å². The number of hydrogen-bond donors (Lipinski definition) is 2. The van der Waals surface area contributed by atoms with E-state index in [1.165, 1.54) is 0 Å². The molecule has 2 aromatic heterocycles. The van der Waals surface area contributed by atoms with Crippen molar-refractivity contribution < 1.29 is 9.90 Å². The topological polar surface area (TPSA) is 94.5 Å². The Balaban J connectivity index is 1.32. The molecule has 1 aliphatic heterocycles. The number of piperidine rings is 1. The molecule has 2 fully saturated rings. The van der Waals surface area contributed by atoms with Crippen LogP contribution in [-0.2, 0) is 24.9 Å². The maximum Gasteiger partial charge on any atom is 0.255 e. The van der Waals surface area contributed by atoms with Crippen molar-refractivity contribution in [2.45, 2.75) is 69.6 Å². The van der Waals surface area contributed by atoms with Crippen molar-refractivity contribution in [3.8, 4) is 0 Å². The van der Waals surface area contributed by atoms with Gasteiger partial charge in [-0.2, -0.15) is 0 Å². The molecule has 1 saturated heterocycles. The minimum absolute atomic E-state index is 0.0423. The number of likely N-dealkylation sites (tertiary alicyclic amines) is 1. The first-order valence-corrected chi connectivity index (χ1v) is 15.8. The molecule has 6 rings (SSSR count). The van der Waals surface area contributed by atoms with E-state index >= 15 is 0 Å². The second kappa shape index (κ2) is 12.9. The highest BCUT2D eigenvalue weighted by molar-refractivity contribution is 5.81. The highest BCUT2D eigenvalue weighted by Gasteiger charge is 2.42. The van der Waals surface area contributed by atoms with Gasteiger partial charge >= 0.3 is 0 Å². The zero-order valence-electron chi connectivity index (χ0n) is 25.1. The van der Waals surface area contributed by atoms with Gasteiger partial charge in [0.05, 0.1) is 24.2 Å². The van der Waals surface area contributed by atoms with Gasteiger partial charge in [0, 0.05) is 56.5 Å². The molecule has 8 nitrogen and oxygen atoms in total. The first-order chi connectivity index (χ1) is 20.9. The van der Waals surface area contributed by atoms with E-state index in [1.807, 2.05) is 59.6 Å². The number of H-pyrrole nitrogens is 1. The molecule has 226 valence electrons. The fourth-order valence-electron chi connectivity index (χ4n) is 7.18. The van der Waals surface area contributed by atoms with Crippen LogP contribution in [0.5, 0.6) is 0 Å². The van der Waals surface area contributed by atoms with Crippen LogP contribution in [0, 0.1) is 5.92 Å². The average Bonchev–Trinajstić information content (AvgIpc) is 3.56. The Morgan fingerprint density at radius 2 is 1.79 bits per heavy atom. The van der Waals surface area contributed by atoms with E-state index in [9.17, 15) is 14.7 Å². The first-order valence-electron chi connectivity index (χ1n) is 15.8. The predicted molar refractivity (Wildman–Crippen MR) is 168 cm³/mol. The summed E-state index contributed by atoms with van der Waals surface area (Å²) in [6.07, 6.45) is 9.83. The largest absolute Gasteiger partial charge is 0.389 e. The van der Waals surface area contributed by atoms with Crippen molar-refractivity contribution in [1.29, 1.82) is 0 Å². The fourth-order valence-corrected chi connectivity index (χ4v) is 7.18. The van der Waals surface area contributed by atoms with Crippen LogP contribution in [-0.4, -0.2) is 60.6 Å². The van der Waals surface area contributed by atoms with Gasteiger partial charge in [-0.05, 0) is 48.8 Å². The number of nitrogens with one attached hydrogen (secondary N) is 1. The molecule has 2 N–H and O–H groups in total. The second-order valence-electron chi connectivity index (χ2n) is 12.5. The molecule has 4 aromatic rings. The number of fused-ring (bicyclic) bond motifs is 1. The van der Waals surface area contributed by atoms with E-state index in [1.54, 1.807) is 17.8 Å². The lowest BCUT2D eigenvalue weighted by Gasteiger charge is -2.45. The lowest BCUT2D eigenvalue weighted by Crippen LogP contribution is -2.51. The Labute approximate surface area is 253 Å². The van der Waals surface area contributed by atoms with E-state index in [-0.39, 0.29) is 29.8 Å². The van der Waals surface area contributed by atoms with Crippen LogP contribution in [0.1, 0.15) is 67.8 Å². The van der Waals surface area contributed by atoms with E-state index in [4.69, 9.17) is 0 Å². The van der Waals surface area contributed by atoms with E-state index in [0.717, 1.165) is 74.0 Å². The molecule has 1 aliphatic carbocycles. The standard InChI is InChI=1S/C35H43N5O3/c1-38-31-15-9-8-14-28(31)22-29(33(38)41)23-40(34(42)27-12-6-3-7-13-27)24-30(26-10-4-2-5-11-26)35(43)16-20-39(21-17-35)25-32-36-18-19-37-32/h2,4-5,8-11,14-15,18-19,22,27,30,43H,3,6-7,12-13,16-17,20-21,23-25H2,1H3,(H,36,37). The summed E-state index contributed by atoms with van der Waals surface area (Å²) in [4.78, 5) is 39.6. The molecule has 43 heavy (non-hydrogen) atoms. The zero-order chi connectivity index (χ0) is 29.8. The molecule has 1 amide bonds. The molecule has 1 atom stereocenters. The summed E-state index contributed by atoms with van der Waals surface area (Å²) >= 11 is 0. The number of aromatic amines is 1. The number of aromatic nitrogens is 3. The van der Waals surface area contributed by atoms with Crippen LogP contribution >= 0.6 is 0 Å². The van der Waals surface area contributed by atoms with Crippen LogP contribution in [0.2, 0.25) is 0 Å². The van der Waals surface area contributed by atoms with Crippen LogP contribution in [0.25, 0.3) is 10.9 Å². The average molecular weight is 582 g/mol. The number of aliphatic hydroxyl groups is 1. The van der Waals surface area contributed by atoms with Gasteiger partial charge in [-0.3, -0.25) is 14.5 Å². The van der Waals surface area contributed by atoms with Crippen LogP contribution in [0.3, 0.4) is 0 Å². The molecule has 0 bridgehead atoms. The SMILES string of the molecule is Cn1c(=O)c(CN(CC(c2ccccc2)C2(O)CCN(Cc3ncc[nH]3)CC2)C(=O)C2CCCCC2)cc2ccccc21. The molecule has 1 unspecified atom stereocenters. The number of carbonyl (C=O) groups excluding carboxylic acids is 1. The van der Waals surface area contributed by atoms with E-state index in [0.29, 0.717) is 24.9 Å². The van der Waals surface area contributed by atoms with Gasteiger partial charge in [0.15, 0.2) is 0 Å². The number of para-hydroxylation sites is 1. The third-order valence-electron chi connectivity index (χ3n) is 9.74. The summed E-state index contributed by atoms with van der Waals surface area (Å²) in [5, 5.41) is 13.3. The van der Waals surface area contributed by atoms with Gasteiger partial charge in [-0.1, -0.05) is 67.8 Å². The summed E-state index contributed by atoms with van der Waals surface area (Å²) in [7, 11) is 1.80. The van der Waals surface area contributed by atoms with Gasteiger partial charge in [-0.25, -0.2) is 4.98 Å². The zero-order valence-corrected chi connectivity index (χ0v) is 25.1. The number of benzene rings is 2. The molecule has 2 aliphatic rings. The normalized spacial score (nSPS) is 18.5. The summed E-state index contributed by atoms with van der Waals surface area (Å²) < 4.78 is 1.69. The van der Waals surface area contributed by atoms with Gasteiger partial charge in [0.2, 0.25) is 5.91 Å². The molecular formula is C35H43N5O3. The predicted octanol–water partition coefficient (Wildman–Crippen LogP) is 4.98. The summed E-state index contributed by atoms with van der Waals surface area (Å²) in [5.41, 5.74) is 1.44. The van der Waals surface area contributed by atoms with Crippen molar-refractivity contribution in [1.82, 2.24) is 24.3 Å². The van der Waals surface area contributed by atoms with Gasteiger partial charge in [0.25, 0.3) is 5.56 Å². The number of pyridine rings is 1. The third kappa shape index (κ3) is 6.45. The Bertz CT molecular complexity index is 1570. The fraction of sp³-hybridized carbons (Fsp3) is 0.457. The van der Waals surface area contributed by atoms with Crippen molar-refractivity contribution in [3.63, 3.8) is 0 Å². The Morgan fingerprint density at radius 1 is 1.07 bits per heavy atom. The van der Waals surface area contributed by atoms with Crippen molar-refractivity contribution in [2.75, 3.05) is 19.6 Å². The summed E-state index contributed by atoms with van der Waals surface area (Å²) in [6.45, 7) is 2.79. The third-order valence-corrected chi connectivity index (χ3v) is 9.74. The van der Waals surface area contributed by atoms with Gasteiger partial charge in [0.1, 0.15) is 5.82 Å². The number of hydrogen-bond acceptors (Lipinski definition) is 5. The second-order valence-corrected chi connectivity index (χ2v) is 12.5. The smallest absolute Gasteiger partial charge is 0.255 e. The van der Waals surface area contributed by atoms with Crippen LogP contribution in [0.4, 0.5) is 0 Å². The number of imidazole rings is 1.